The number of hydrogen-bond donors (Lipinski definition) is 1. The molecule has 1 atom stereocenters. The van der Waals surface area contributed by atoms with E-state index < -0.39 is 5.60 Å². The summed E-state index contributed by atoms with van der Waals surface area (Å²) in [4.78, 5) is 0. The molecule has 0 spiro atoms. The van der Waals surface area contributed by atoms with E-state index in [1.54, 1.807) is 7.11 Å². The fourth-order valence-electron chi connectivity index (χ4n) is 2.89. The first kappa shape index (κ1) is 12.4. The number of hydrogen-bond acceptors (Lipinski definition) is 2. The van der Waals surface area contributed by atoms with Crippen molar-refractivity contribution in [2.75, 3.05) is 7.11 Å². The SMILES string of the molecule is COc1ccccc1CC1(O)CCCC1(C)C. The maximum Gasteiger partial charge on any atom is 0.122 e. The van der Waals surface area contributed by atoms with Gasteiger partial charge in [0, 0.05) is 6.42 Å². The molecule has 1 N–H and O–H groups in total. The Morgan fingerprint density at radius 1 is 1.24 bits per heavy atom. The zero-order chi connectivity index (χ0) is 12.5. The normalized spacial score (nSPS) is 27.1. The van der Waals surface area contributed by atoms with E-state index in [0.29, 0.717) is 6.42 Å². The average molecular weight is 234 g/mol. The minimum atomic E-state index is -0.596. The van der Waals surface area contributed by atoms with Crippen molar-refractivity contribution in [2.24, 2.45) is 5.41 Å². The summed E-state index contributed by atoms with van der Waals surface area (Å²) in [5, 5.41) is 10.8. The van der Waals surface area contributed by atoms with Crippen LogP contribution < -0.4 is 4.74 Å². The fraction of sp³-hybridized carbons (Fsp3) is 0.600. The third kappa shape index (κ3) is 2.19. The molecule has 0 aliphatic heterocycles. The van der Waals surface area contributed by atoms with E-state index in [1.165, 1.54) is 0 Å². The molecule has 1 fully saturated rings. The Bertz CT molecular complexity index is 398. The second kappa shape index (κ2) is 4.34. The molecule has 2 rings (SSSR count). The van der Waals surface area contributed by atoms with E-state index in [0.717, 1.165) is 30.6 Å². The van der Waals surface area contributed by atoms with E-state index in [-0.39, 0.29) is 5.41 Å². The number of methoxy groups -OCH3 is 1. The summed E-state index contributed by atoms with van der Waals surface area (Å²) < 4.78 is 5.36. The molecule has 1 unspecified atom stereocenters. The molecule has 94 valence electrons. The second-order valence-electron chi connectivity index (χ2n) is 5.76. The van der Waals surface area contributed by atoms with Gasteiger partial charge in [-0.2, -0.15) is 0 Å². The van der Waals surface area contributed by atoms with Gasteiger partial charge in [-0.25, -0.2) is 0 Å². The zero-order valence-corrected chi connectivity index (χ0v) is 11.0. The van der Waals surface area contributed by atoms with E-state index in [4.69, 9.17) is 4.74 Å². The van der Waals surface area contributed by atoms with Gasteiger partial charge >= 0.3 is 0 Å². The average Bonchev–Trinajstić information content (AvgIpc) is 2.54. The first-order valence-corrected chi connectivity index (χ1v) is 6.33. The molecule has 0 amide bonds. The predicted molar refractivity (Wildman–Crippen MR) is 69.3 cm³/mol. The van der Waals surface area contributed by atoms with Crippen LogP contribution in [-0.2, 0) is 6.42 Å². The van der Waals surface area contributed by atoms with Gasteiger partial charge in [-0.3, -0.25) is 0 Å². The largest absolute Gasteiger partial charge is 0.496 e. The molecule has 2 nitrogen and oxygen atoms in total. The summed E-state index contributed by atoms with van der Waals surface area (Å²) in [5.74, 6) is 0.878. The molecule has 1 aromatic carbocycles. The summed E-state index contributed by atoms with van der Waals surface area (Å²) in [6.45, 7) is 4.32. The quantitative estimate of drug-likeness (QED) is 0.870. The maximum absolute atomic E-state index is 10.8. The number of para-hydroxylation sites is 1. The molecular weight excluding hydrogens is 212 g/mol. The van der Waals surface area contributed by atoms with Gasteiger partial charge < -0.3 is 9.84 Å². The van der Waals surface area contributed by atoms with Crippen LogP contribution in [0.2, 0.25) is 0 Å². The zero-order valence-electron chi connectivity index (χ0n) is 11.0. The first-order valence-electron chi connectivity index (χ1n) is 6.33. The molecule has 1 aromatic rings. The van der Waals surface area contributed by atoms with Crippen LogP contribution in [0.15, 0.2) is 24.3 Å². The molecule has 0 saturated heterocycles. The van der Waals surface area contributed by atoms with Gasteiger partial charge in [0.1, 0.15) is 5.75 Å². The highest BCUT2D eigenvalue weighted by Gasteiger charge is 2.47. The third-order valence-corrected chi connectivity index (χ3v) is 4.33. The minimum Gasteiger partial charge on any atom is -0.496 e. The Kier molecular flexibility index (Phi) is 3.17. The highest BCUT2D eigenvalue weighted by Crippen LogP contribution is 2.48. The smallest absolute Gasteiger partial charge is 0.122 e. The molecule has 2 heteroatoms. The van der Waals surface area contributed by atoms with Crippen LogP contribution in [0.4, 0.5) is 0 Å². The van der Waals surface area contributed by atoms with E-state index in [1.807, 2.05) is 24.3 Å². The van der Waals surface area contributed by atoms with Crippen molar-refractivity contribution in [1.29, 1.82) is 0 Å². The van der Waals surface area contributed by atoms with Crippen molar-refractivity contribution in [3.05, 3.63) is 29.8 Å². The molecule has 1 saturated carbocycles. The fourth-order valence-corrected chi connectivity index (χ4v) is 2.89. The molecule has 0 aromatic heterocycles. The summed E-state index contributed by atoms with van der Waals surface area (Å²) >= 11 is 0. The molecule has 0 heterocycles. The molecular formula is C15H22O2. The Balaban J connectivity index is 2.26. The Labute approximate surface area is 104 Å². The molecule has 0 radical (unpaired) electrons. The molecule has 1 aliphatic rings. The maximum atomic E-state index is 10.8. The van der Waals surface area contributed by atoms with Crippen molar-refractivity contribution in [2.45, 2.75) is 45.1 Å². The van der Waals surface area contributed by atoms with Crippen LogP contribution in [0.25, 0.3) is 0 Å². The standard InChI is InChI=1S/C15H22O2/c1-14(2)9-6-10-15(14,16)11-12-7-4-5-8-13(12)17-3/h4-5,7-8,16H,6,9-11H2,1-3H3. The van der Waals surface area contributed by atoms with Crippen LogP contribution in [0.1, 0.15) is 38.7 Å². The van der Waals surface area contributed by atoms with Crippen molar-refractivity contribution >= 4 is 0 Å². The number of rotatable bonds is 3. The molecule has 0 bridgehead atoms. The highest BCUT2D eigenvalue weighted by molar-refractivity contribution is 5.35. The first-order chi connectivity index (χ1) is 7.98. The monoisotopic (exact) mass is 234 g/mol. The van der Waals surface area contributed by atoms with E-state index in [9.17, 15) is 5.11 Å². The predicted octanol–water partition coefficient (Wildman–Crippen LogP) is 3.18. The third-order valence-electron chi connectivity index (χ3n) is 4.33. The number of aliphatic hydroxyl groups is 1. The van der Waals surface area contributed by atoms with Gasteiger partial charge in [0.15, 0.2) is 0 Å². The number of benzene rings is 1. The molecule has 1 aliphatic carbocycles. The summed E-state index contributed by atoms with van der Waals surface area (Å²) in [6, 6.07) is 7.97. The van der Waals surface area contributed by atoms with E-state index >= 15 is 0 Å². The van der Waals surface area contributed by atoms with Crippen LogP contribution >= 0.6 is 0 Å². The van der Waals surface area contributed by atoms with Crippen LogP contribution in [0.3, 0.4) is 0 Å². The van der Waals surface area contributed by atoms with Gasteiger partial charge in [0.25, 0.3) is 0 Å². The lowest BCUT2D eigenvalue weighted by Gasteiger charge is -2.37. The van der Waals surface area contributed by atoms with Crippen molar-refractivity contribution in [1.82, 2.24) is 0 Å². The topological polar surface area (TPSA) is 29.5 Å². The number of ether oxygens (including phenoxy) is 1. The van der Waals surface area contributed by atoms with Gasteiger partial charge in [0.2, 0.25) is 0 Å². The second-order valence-corrected chi connectivity index (χ2v) is 5.76. The lowest BCUT2D eigenvalue weighted by Crippen LogP contribution is -2.41. The summed E-state index contributed by atoms with van der Waals surface area (Å²) in [6.07, 6.45) is 3.78. The van der Waals surface area contributed by atoms with Gasteiger partial charge in [-0.05, 0) is 36.3 Å². The van der Waals surface area contributed by atoms with Crippen molar-refractivity contribution in [3.63, 3.8) is 0 Å². The van der Waals surface area contributed by atoms with Gasteiger partial charge in [-0.15, -0.1) is 0 Å². The van der Waals surface area contributed by atoms with Gasteiger partial charge in [-0.1, -0.05) is 32.0 Å². The summed E-state index contributed by atoms with van der Waals surface area (Å²) in [5.41, 5.74) is 0.502. The van der Waals surface area contributed by atoms with E-state index in [2.05, 4.69) is 13.8 Å². The highest BCUT2D eigenvalue weighted by atomic mass is 16.5. The van der Waals surface area contributed by atoms with Crippen molar-refractivity contribution < 1.29 is 9.84 Å². The van der Waals surface area contributed by atoms with Crippen LogP contribution in [0, 0.1) is 5.41 Å². The lowest BCUT2D eigenvalue weighted by molar-refractivity contribution is -0.0422. The Morgan fingerprint density at radius 2 is 1.94 bits per heavy atom. The lowest BCUT2D eigenvalue weighted by atomic mass is 9.74. The minimum absolute atomic E-state index is 0.00610. The molecule has 17 heavy (non-hydrogen) atoms. The van der Waals surface area contributed by atoms with Crippen LogP contribution in [-0.4, -0.2) is 17.8 Å². The Morgan fingerprint density at radius 3 is 2.53 bits per heavy atom. The summed E-state index contributed by atoms with van der Waals surface area (Å²) in [7, 11) is 1.68. The van der Waals surface area contributed by atoms with Gasteiger partial charge in [0.05, 0.1) is 12.7 Å². The van der Waals surface area contributed by atoms with Crippen molar-refractivity contribution in [3.8, 4) is 5.75 Å². The Hall–Kier alpha value is -1.02. The van der Waals surface area contributed by atoms with Crippen LogP contribution in [0.5, 0.6) is 5.75 Å².